The molecule has 21 heavy (non-hydrogen) atoms. The third kappa shape index (κ3) is 5.35. The lowest BCUT2D eigenvalue weighted by Gasteiger charge is -2.09. The molecule has 6 nitrogen and oxygen atoms in total. The maximum atomic E-state index is 5.99. The summed E-state index contributed by atoms with van der Waals surface area (Å²) >= 11 is 7.60. The van der Waals surface area contributed by atoms with Gasteiger partial charge in [-0.1, -0.05) is 23.4 Å². The van der Waals surface area contributed by atoms with E-state index in [9.17, 15) is 0 Å². The Kier molecular flexibility index (Phi) is 7.81. The first-order chi connectivity index (χ1) is 9.70. The molecule has 0 amide bonds. The van der Waals surface area contributed by atoms with Gasteiger partial charge in [-0.25, -0.2) is 4.68 Å². The van der Waals surface area contributed by atoms with Crippen molar-refractivity contribution >= 4 is 23.4 Å². The molecule has 1 aromatic carbocycles. The topological polar surface area (TPSA) is 64.9 Å². The second kappa shape index (κ2) is 9.09. The molecule has 0 atom stereocenters. The van der Waals surface area contributed by atoms with E-state index in [1.165, 1.54) is 0 Å². The van der Waals surface area contributed by atoms with Crippen molar-refractivity contribution in [2.45, 2.75) is 11.7 Å². The lowest BCUT2D eigenvalue weighted by atomic mass is 10.2. The molecule has 0 unspecified atom stereocenters. The van der Waals surface area contributed by atoms with Crippen molar-refractivity contribution in [2.75, 3.05) is 19.4 Å². The zero-order chi connectivity index (χ0) is 14.4. The molecule has 0 saturated heterocycles. The summed E-state index contributed by atoms with van der Waals surface area (Å²) in [4.78, 5) is 0. The highest BCUT2D eigenvalue weighted by Gasteiger charge is 2.04. The number of methoxy groups -OCH3 is 1. The van der Waals surface area contributed by atoms with Gasteiger partial charge in [0, 0.05) is 36.5 Å². The Morgan fingerprint density at radius 3 is 2.90 bits per heavy atom. The molecule has 0 aliphatic carbocycles. The summed E-state index contributed by atoms with van der Waals surface area (Å²) in [6.07, 6.45) is 0. The molecule has 0 aliphatic heterocycles. The first-order valence-corrected chi connectivity index (χ1v) is 7.45. The SMILES string of the molecule is COc1ccc(Cl)cc1CNCCSc1nnnn1C.[Cl-]. The first-order valence-electron chi connectivity index (χ1n) is 6.09. The van der Waals surface area contributed by atoms with Gasteiger partial charge in [0.15, 0.2) is 0 Å². The number of tetrazole rings is 1. The van der Waals surface area contributed by atoms with Crippen LogP contribution in [0.25, 0.3) is 0 Å². The zero-order valence-corrected chi connectivity index (χ0v) is 14.0. The van der Waals surface area contributed by atoms with Gasteiger partial charge in [0.1, 0.15) is 5.75 Å². The molecule has 116 valence electrons. The molecule has 0 fully saturated rings. The summed E-state index contributed by atoms with van der Waals surface area (Å²) in [6.45, 7) is 1.55. The maximum Gasteiger partial charge on any atom is 0.209 e. The van der Waals surface area contributed by atoms with E-state index in [0.29, 0.717) is 11.6 Å². The van der Waals surface area contributed by atoms with Crippen LogP contribution < -0.4 is 22.5 Å². The van der Waals surface area contributed by atoms with E-state index in [1.54, 1.807) is 23.6 Å². The second-order valence-electron chi connectivity index (χ2n) is 4.07. The number of aryl methyl sites for hydroxylation is 1. The highest BCUT2D eigenvalue weighted by molar-refractivity contribution is 7.99. The van der Waals surface area contributed by atoms with Crippen molar-refractivity contribution in [3.05, 3.63) is 28.8 Å². The fourth-order valence-electron chi connectivity index (χ4n) is 1.67. The molecular weight excluding hydrogens is 333 g/mol. The lowest BCUT2D eigenvalue weighted by Crippen LogP contribution is -3.00. The number of aromatic nitrogens is 4. The summed E-state index contributed by atoms with van der Waals surface area (Å²) in [6, 6.07) is 5.60. The summed E-state index contributed by atoms with van der Waals surface area (Å²) in [5.41, 5.74) is 1.05. The van der Waals surface area contributed by atoms with Crippen molar-refractivity contribution < 1.29 is 17.1 Å². The van der Waals surface area contributed by atoms with Gasteiger partial charge in [0.05, 0.1) is 7.11 Å². The van der Waals surface area contributed by atoms with Gasteiger partial charge < -0.3 is 22.5 Å². The molecule has 1 heterocycles. The third-order valence-corrected chi connectivity index (χ3v) is 3.90. The minimum atomic E-state index is 0. The predicted octanol–water partition coefficient (Wildman–Crippen LogP) is -1.24. The van der Waals surface area contributed by atoms with Gasteiger partial charge in [-0.2, -0.15) is 0 Å². The van der Waals surface area contributed by atoms with Gasteiger partial charge in [0.2, 0.25) is 5.16 Å². The van der Waals surface area contributed by atoms with Gasteiger partial charge >= 0.3 is 0 Å². The number of benzene rings is 1. The van der Waals surface area contributed by atoms with E-state index in [-0.39, 0.29) is 12.4 Å². The van der Waals surface area contributed by atoms with Crippen LogP contribution in [0.1, 0.15) is 5.56 Å². The van der Waals surface area contributed by atoms with E-state index < -0.39 is 0 Å². The van der Waals surface area contributed by atoms with Crippen LogP contribution in [0.15, 0.2) is 23.4 Å². The van der Waals surface area contributed by atoms with Crippen molar-refractivity contribution in [1.82, 2.24) is 25.5 Å². The van der Waals surface area contributed by atoms with Crippen LogP contribution in [0.3, 0.4) is 0 Å². The molecule has 0 spiro atoms. The summed E-state index contributed by atoms with van der Waals surface area (Å²) in [5, 5.41) is 16.2. The summed E-state index contributed by atoms with van der Waals surface area (Å²) in [5.74, 6) is 1.73. The van der Waals surface area contributed by atoms with Crippen molar-refractivity contribution in [3.8, 4) is 5.75 Å². The molecule has 0 radical (unpaired) electrons. The van der Waals surface area contributed by atoms with Crippen molar-refractivity contribution in [3.63, 3.8) is 0 Å². The monoisotopic (exact) mass is 348 g/mol. The van der Waals surface area contributed by atoms with Crippen LogP contribution in [0, 0.1) is 0 Å². The minimum absolute atomic E-state index is 0. The molecule has 9 heteroatoms. The van der Waals surface area contributed by atoms with Crippen LogP contribution in [0.2, 0.25) is 5.02 Å². The molecule has 0 bridgehead atoms. The molecule has 0 saturated carbocycles. The fourth-order valence-corrected chi connectivity index (χ4v) is 2.61. The highest BCUT2D eigenvalue weighted by atomic mass is 35.5. The van der Waals surface area contributed by atoms with Crippen molar-refractivity contribution in [1.29, 1.82) is 0 Å². The number of halogens is 2. The van der Waals surface area contributed by atoms with E-state index >= 15 is 0 Å². The normalized spacial score (nSPS) is 10.2. The molecule has 0 aliphatic rings. The van der Waals surface area contributed by atoms with Gasteiger partial charge in [-0.15, -0.1) is 5.10 Å². The standard InChI is InChI=1S/C12H16ClN5OS.ClH/c1-18-12(15-16-17-18)20-6-5-14-8-9-7-10(13)3-4-11(9)19-2;/h3-4,7,14H,5-6,8H2,1-2H3;1H/p-1. The van der Waals surface area contributed by atoms with Gasteiger partial charge in [0.25, 0.3) is 0 Å². The Hall–Kier alpha value is -1.02. The Labute approximate surface area is 139 Å². The molecule has 1 aromatic heterocycles. The van der Waals surface area contributed by atoms with Crippen LogP contribution in [-0.2, 0) is 13.6 Å². The third-order valence-electron chi connectivity index (χ3n) is 2.65. The molecule has 2 aromatic rings. The quantitative estimate of drug-likeness (QED) is 0.498. The van der Waals surface area contributed by atoms with Crippen LogP contribution in [0.4, 0.5) is 0 Å². The second-order valence-corrected chi connectivity index (χ2v) is 5.56. The average molecular weight is 349 g/mol. The number of hydrogen-bond donors (Lipinski definition) is 1. The number of rotatable bonds is 7. The van der Waals surface area contributed by atoms with E-state index in [0.717, 1.165) is 28.8 Å². The summed E-state index contributed by atoms with van der Waals surface area (Å²) in [7, 11) is 3.48. The molecule has 2 rings (SSSR count). The highest BCUT2D eigenvalue weighted by Crippen LogP contribution is 2.22. The Morgan fingerprint density at radius 2 is 2.24 bits per heavy atom. The number of hydrogen-bond acceptors (Lipinski definition) is 6. The average Bonchev–Trinajstić information content (AvgIpc) is 2.84. The van der Waals surface area contributed by atoms with Crippen LogP contribution in [0.5, 0.6) is 5.75 Å². The fraction of sp³-hybridized carbons (Fsp3) is 0.417. The molecular formula is C12H16Cl2N5OS-. The first kappa shape index (κ1) is 18.0. The number of nitrogens with zero attached hydrogens (tertiary/aromatic N) is 4. The Morgan fingerprint density at radius 1 is 1.43 bits per heavy atom. The van der Waals surface area contributed by atoms with E-state index in [4.69, 9.17) is 16.3 Å². The minimum Gasteiger partial charge on any atom is -1.00 e. The Bertz CT molecular complexity index is 566. The van der Waals surface area contributed by atoms with Crippen LogP contribution >= 0.6 is 23.4 Å². The largest absolute Gasteiger partial charge is 1.00 e. The smallest absolute Gasteiger partial charge is 0.209 e. The number of thioether (sulfide) groups is 1. The zero-order valence-electron chi connectivity index (χ0n) is 11.7. The van der Waals surface area contributed by atoms with Crippen LogP contribution in [-0.4, -0.2) is 39.6 Å². The van der Waals surface area contributed by atoms with Gasteiger partial charge in [-0.05, 0) is 28.6 Å². The molecule has 1 N–H and O–H groups in total. The lowest BCUT2D eigenvalue weighted by molar-refractivity contribution is -0.00000454. The number of nitrogens with one attached hydrogen (secondary N) is 1. The van der Waals surface area contributed by atoms with E-state index in [2.05, 4.69) is 20.8 Å². The summed E-state index contributed by atoms with van der Waals surface area (Å²) < 4.78 is 6.96. The number of ether oxygens (including phenoxy) is 1. The predicted molar refractivity (Wildman–Crippen MR) is 79.2 cm³/mol. The van der Waals surface area contributed by atoms with Gasteiger partial charge in [-0.3, -0.25) is 0 Å². The van der Waals surface area contributed by atoms with Crippen molar-refractivity contribution in [2.24, 2.45) is 7.05 Å². The van der Waals surface area contributed by atoms with E-state index in [1.807, 2.05) is 25.2 Å². The maximum absolute atomic E-state index is 5.99. The Balaban J connectivity index is 0.00000220.